The molecular weight excluding hydrogens is 426 g/mol. The van der Waals surface area contributed by atoms with Crippen LogP contribution in [0.2, 0.25) is 0 Å². The third-order valence-corrected chi connectivity index (χ3v) is 6.94. The molecule has 0 bridgehead atoms. The lowest BCUT2D eigenvalue weighted by molar-refractivity contribution is -0.122. The highest BCUT2D eigenvalue weighted by Crippen LogP contribution is 2.45. The molecule has 0 spiro atoms. The minimum absolute atomic E-state index is 0.165. The van der Waals surface area contributed by atoms with Gasteiger partial charge in [-0.3, -0.25) is 14.5 Å². The van der Waals surface area contributed by atoms with Crippen LogP contribution in [0.1, 0.15) is 52.2 Å². The zero-order chi connectivity index (χ0) is 23.8. The second-order valence-electron chi connectivity index (χ2n) is 9.41. The number of fused-ring (bicyclic) bond motifs is 1. The van der Waals surface area contributed by atoms with Gasteiger partial charge in [0.05, 0.1) is 23.1 Å². The number of carbonyl (C=O) groups excluding carboxylic acids is 3. The number of ether oxygens (including phenoxy) is 1. The van der Waals surface area contributed by atoms with Crippen molar-refractivity contribution < 1.29 is 19.1 Å². The SMILES string of the molecule is Cc1cc(C)cc(OC(=O)c2cccc(N3C(=O)[C@H]4C[C@H](c5ccccc5)CC[C@H]4C3=O)c2)c1. The first-order valence-electron chi connectivity index (χ1n) is 11.7. The Morgan fingerprint density at radius 3 is 2.26 bits per heavy atom. The quantitative estimate of drug-likeness (QED) is 0.293. The van der Waals surface area contributed by atoms with Gasteiger partial charge in [0.1, 0.15) is 5.75 Å². The number of benzene rings is 3. The largest absolute Gasteiger partial charge is 0.423 e. The monoisotopic (exact) mass is 453 g/mol. The zero-order valence-electron chi connectivity index (χ0n) is 19.4. The molecule has 0 radical (unpaired) electrons. The minimum Gasteiger partial charge on any atom is -0.423 e. The van der Waals surface area contributed by atoms with Crippen LogP contribution in [0.3, 0.4) is 0 Å². The van der Waals surface area contributed by atoms with Crippen LogP contribution < -0.4 is 9.64 Å². The molecule has 0 N–H and O–H groups in total. The Morgan fingerprint density at radius 2 is 1.53 bits per heavy atom. The van der Waals surface area contributed by atoms with Crippen molar-refractivity contribution in [1.29, 1.82) is 0 Å². The predicted octanol–water partition coefficient (Wildman–Crippen LogP) is 5.60. The van der Waals surface area contributed by atoms with E-state index in [0.717, 1.165) is 17.5 Å². The van der Waals surface area contributed by atoms with Gasteiger partial charge in [0.2, 0.25) is 11.8 Å². The third kappa shape index (κ3) is 4.14. The molecule has 2 fully saturated rings. The minimum atomic E-state index is -0.521. The van der Waals surface area contributed by atoms with E-state index >= 15 is 0 Å². The summed E-state index contributed by atoms with van der Waals surface area (Å²) >= 11 is 0. The van der Waals surface area contributed by atoms with E-state index in [1.54, 1.807) is 36.4 Å². The predicted molar refractivity (Wildman–Crippen MR) is 130 cm³/mol. The topological polar surface area (TPSA) is 63.7 Å². The number of hydrogen-bond donors (Lipinski definition) is 0. The number of esters is 1. The smallest absolute Gasteiger partial charge is 0.343 e. The average Bonchev–Trinajstić information content (AvgIpc) is 3.08. The van der Waals surface area contributed by atoms with Crippen LogP contribution >= 0.6 is 0 Å². The lowest BCUT2D eigenvalue weighted by atomic mass is 9.73. The first-order chi connectivity index (χ1) is 16.4. The molecular formula is C29H27NO4. The highest BCUT2D eigenvalue weighted by atomic mass is 16.5. The fourth-order valence-corrected chi connectivity index (χ4v) is 5.39. The summed E-state index contributed by atoms with van der Waals surface area (Å²) < 4.78 is 5.56. The van der Waals surface area contributed by atoms with Gasteiger partial charge in [0, 0.05) is 0 Å². The summed E-state index contributed by atoms with van der Waals surface area (Å²) in [6.07, 6.45) is 2.25. The molecule has 1 aliphatic heterocycles. The molecule has 3 atom stereocenters. The van der Waals surface area contributed by atoms with Crippen LogP contribution in [-0.2, 0) is 9.59 Å². The fourth-order valence-electron chi connectivity index (χ4n) is 5.39. The van der Waals surface area contributed by atoms with E-state index in [0.29, 0.717) is 29.8 Å². The summed E-state index contributed by atoms with van der Waals surface area (Å²) in [7, 11) is 0. The number of imide groups is 1. The molecule has 3 aromatic rings. The van der Waals surface area contributed by atoms with Crippen molar-refractivity contribution in [2.75, 3.05) is 4.90 Å². The van der Waals surface area contributed by atoms with E-state index in [2.05, 4.69) is 12.1 Å². The van der Waals surface area contributed by atoms with Gasteiger partial charge in [0.25, 0.3) is 0 Å². The van der Waals surface area contributed by atoms with Crippen molar-refractivity contribution in [3.05, 3.63) is 95.1 Å². The van der Waals surface area contributed by atoms with E-state index < -0.39 is 5.97 Å². The zero-order valence-corrected chi connectivity index (χ0v) is 19.4. The van der Waals surface area contributed by atoms with Crippen LogP contribution in [0, 0.1) is 25.7 Å². The van der Waals surface area contributed by atoms with Crippen LogP contribution in [0.5, 0.6) is 5.75 Å². The van der Waals surface area contributed by atoms with Crippen LogP contribution in [0.15, 0.2) is 72.8 Å². The van der Waals surface area contributed by atoms with Crippen LogP contribution in [-0.4, -0.2) is 17.8 Å². The van der Waals surface area contributed by atoms with E-state index in [-0.39, 0.29) is 29.6 Å². The molecule has 3 aromatic carbocycles. The van der Waals surface area contributed by atoms with E-state index in [1.807, 2.05) is 38.1 Å². The van der Waals surface area contributed by atoms with Crippen molar-refractivity contribution in [3.8, 4) is 5.75 Å². The van der Waals surface area contributed by atoms with Crippen LogP contribution in [0.4, 0.5) is 5.69 Å². The van der Waals surface area contributed by atoms with Gasteiger partial charge in [-0.25, -0.2) is 4.79 Å². The standard InChI is InChI=1S/C29H27NO4/c1-18-13-19(2)15-24(14-18)34-29(33)22-9-6-10-23(16-22)30-27(31)25-12-11-21(17-26(25)28(30)32)20-7-4-3-5-8-20/h3-10,13-16,21,25-26H,11-12,17H2,1-2H3/t21-,25-,26+/m1/s1. The van der Waals surface area contributed by atoms with E-state index in [4.69, 9.17) is 4.74 Å². The lowest BCUT2D eigenvalue weighted by Crippen LogP contribution is -2.31. The lowest BCUT2D eigenvalue weighted by Gasteiger charge is -2.28. The molecule has 1 aliphatic carbocycles. The summed E-state index contributed by atoms with van der Waals surface area (Å²) in [5.41, 5.74) is 3.95. The summed E-state index contributed by atoms with van der Waals surface area (Å²) in [5, 5.41) is 0. The van der Waals surface area contributed by atoms with Crippen molar-refractivity contribution in [2.24, 2.45) is 11.8 Å². The molecule has 1 saturated carbocycles. The number of amides is 2. The Kier molecular flexibility index (Phi) is 5.78. The molecule has 1 heterocycles. The summed E-state index contributed by atoms with van der Waals surface area (Å²) in [6, 6.07) is 22.4. The van der Waals surface area contributed by atoms with Crippen molar-refractivity contribution >= 4 is 23.5 Å². The highest BCUT2D eigenvalue weighted by Gasteiger charge is 2.50. The summed E-state index contributed by atoms with van der Waals surface area (Å²) in [6.45, 7) is 3.88. The summed E-state index contributed by atoms with van der Waals surface area (Å²) in [5.74, 6) is -0.725. The molecule has 1 saturated heterocycles. The Morgan fingerprint density at radius 1 is 0.824 bits per heavy atom. The number of hydrogen-bond acceptors (Lipinski definition) is 4. The fraction of sp³-hybridized carbons (Fsp3) is 0.276. The van der Waals surface area contributed by atoms with E-state index in [1.165, 1.54) is 10.5 Å². The first-order valence-corrected chi connectivity index (χ1v) is 11.7. The Labute approximate surface area is 199 Å². The Hall–Kier alpha value is -3.73. The van der Waals surface area contributed by atoms with Gasteiger partial charge in [0.15, 0.2) is 0 Å². The molecule has 0 unspecified atom stereocenters. The molecule has 172 valence electrons. The van der Waals surface area contributed by atoms with Gasteiger partial charge in [-0.1, -0.05) is 42.5 Å². The normalized spacial score (nSPS) is 21.9. The van der Waals surface area contributed by atoms with Crippen LogP contribution in [0.25, 0.3) is 0 Å². The molecule has 5 nitrogen and oxygen atoms in total. The number of anilines is 1. The van der Waals surface area contributed by atoms with Gasteiger partial charge >= 0.3 is 5.97 Å². The average molecular weight is 454 g/mol. The maximum atomic E-state index is 13.4. The maximum absolute atomic E-state index is 13.4. The summed E-state index contributed by atoms with van der Waals surface area (Å²) in [4.78, 5) is 40.7. The number of nitrogens with zero attached hydrogens (tertiary/aromatic N) is 1. The van der Waals surface area contributed by atoms with Gasteiger partial charge in [-0.15, -0.1) is 0 Å². The van der Waals surface area contributed by atoms with Crippen molar-refractivity contribution in [2.45, 2.75) is 39.0 Å². The second-order valence-corrected chi connectivity index (χ2v) is 9.41. The Bertz CT molecular complexity index is 1250. The molecule has 2 aliphatic rings. The first kappa shape index (κ1) is 22.1. The van der Waals surface area contributed by atoms with Crippen molar-refractivity contribution in [3.63, 3.8) is 0 Å². The molecule has 0 aromatic heterocycles. The Balaban J connectivity index is 1.36. The number of aryl methyl sites for hydroxylation is 2. The number of carbonyl (C=O) groups is 3. The van der Waals surface area contributed by atoms with Gasteiger partial charge in [-0.05, 0) is 86.1 Å². The second kappa shape index (κ2) is 8.90. The van der Waals surface area contributed by atoms with Gasteiger partial charge < -0.3 is 4.74 Å². The van der Waals surface area contributed by atoms with E-state index in [9.17, 15) is 14.4 Å². The molecule has 5 heteroatoms. The molecule has 34 heavy (non-hydrogen) atoms. The molecule has 5 rings (SSSR count). The highest BCUT2D eigenvalue weighted by molar-refractivity contribution is 6.22. The van der Waals surface area contributed by atoms with Gasteiger partial charge in [-0.2, -0.15) is 0 Å². The third-order valence-electron chi connectivity index (χ3n) is 6.94. The number of rotatable bonds is 4. The van der Waals surface area contributed by atoms with Crippen molar-refractivity contribution in [1.82, 2.24) is 0 Å². The molecule has 2 amide bonds. The maximum Gasteiger partial charge on any atom is 0.343 e.